The summed E-state index contributed by atoms with van der Waals surface area (Å²) >= 11 is 0. The van der Waals surface area contributed by atoms with E-state index in [2.05, 4.69) is 10.6 Å². The third kappa shape index (κ3) is 3.18. The van der Waals surface area contributed by atoms with Gasteiger partial charge in [-0.25, -0.2) is 0 Å². The van der Waals surface area contributed by atoms with Gasteiger partial charge in [0.1, 0.15) is 0 Å². The maximum Gasteiger partial charge on any atom is 0.240 e. The summed E-state index contributed by atoms with van der Waals surface area (Å²) in [5.74, 6) is 0.0168. The summed E-state index contributed by atoms with van der Waals surface area (Å²) in [5.41, 5.74) is -0.444. The molecule has 0 aromatic carbocycles. The maximum absolute atomic E-state index is 12.0. The summed E-state index contributed by atoms with van der Waals surface area (Å²) in [4.78, 5) is 12.0. The Kier molecular flexibility index (Phi) is 4.54. The lowest BCUT2D eigenvalue weighted by atomic mass is 9.90. The Morgan fingerprint density at radius 2 is 2.33 bits per heavy atom. The lowest BCUT2D eigenvalue weighted by Gasteiger charge is -2.34. The van der Waals surface area contributed by atoms with E-state index in [0.29, 0.717) is 0 Å². The van der Waals surface area contributed by atoms with Crippen molar-refractivity contribution in [3.8, 4) is 0 Å². The highest BCUT2D eigenvalue weighted by atomic mass is 16.3. The second kappa shape index (κ2) is 5.47. The van der Waals surface area contributed by atoms with Crippen LogP contribution in [0.3, 0.4) is 0 Å². The Morgan fingerprint density at radius 3 is 2.80 bits per heavy atom. The number of amides is 1. The first-order valence-corrected chi connectivity index (χ1v) is 5.79. The van der Waals surface area contributed by atoms with E-state index in [1.54, 1.807) is 0 Å². The Bertz CT molecular complexity index is 209. The van der Waals surface area contributed by atoms with Crippen LogP contribution in [0.5, 0.6) is 0 Å². The fourth-order valence-electron chi connectivity index (χ4n) is 1.87. The third-order valence-electron chi connectivity index (χ3n) is 3.17. The molecule has 1 amide bonds. The zero-order chi connectivity index (χ0) is 11.3. The van der Waals surface area contributed by atoms with Crippen molar-refractivity contribution in [2.75, 3.05) is 13.2 Å². The molecule has 2 atom stereocenters. The minimum absolute atomic E-state index is 0.0122. The lowest BCUT2D eigenvalue weighted by molar-refractivity contribution is -0.129. The van der Waals surface area contributed by atoms with Crippen LogP contribution in [0.1, 0.15) is 39.5 Å². The van der Waals surface area contributed by atoms with Gasteiger partial charge in [0.25, 0.3) is 0 Å². The van der Waals surface area contributed by atoms with Crippen molar-refractivity contribution >= 4 is 5.91 Å². The van der Waals surface area contributed by atoms with Gasteiger partial charge in [-0.1, -0.05) is 6.92 Å². The van der Waals surface area contributed by atoms with Crippen LogP contribution in [-0.4, -0.2) is 35.7 Å². The number of piperidine rings is 1. The molecule has 0 saturated carbocycles. The number of carbonyl (C=O) groups is 1. The topological polar surface area (TPSA) is 61.4 Å². The number of aliphatic hydroxyl groups excluding tert-OH is 1. The van der Waals surface area contributed by atoms with E-state index >= 15 is 0 Å². The molecule has 88 valence electrons. The van der Waals surface area contributed by atoms with Crippen molar-refractivity contribution in [3.05, 3.63) is 0 Å². The number of hydrogen-bond acceptors (Lipinski definition) is 3. The van der Waals surface area contributed by atoms with Gasteiger partial charge in [-0.15, -0.1) is 0 Å². The van der Waals surface area contributed by atoms with Crippen LogP contribution in [0.15, 0.2) is 0 Å². The number of rotatable bonds is 4. The van der Waals surface area contributed by atoms with Gasteiger partial charge in [0.2, 0.25) is 5.91 Å². The van der Waals surface area contributed by atoms with E-state index in [-0.39, 0.29) is 18.6 Å². The van der Waals surface area contributed by atoms with Crippen molar-refractivity contribution in [2.45, 2.75) is 51.1 Å². The predicted molar refractivity (Wildman–Crippen MR) is 59.6 cm³/mol. The van der Waals surface area contributed by atoms with Crippen LogP contribution < -0.4 is 10.6 Å². The zero-order valence-corrected chi connectivity index (χ0v) is 9.68. The van der Waals surface area contributed by atoms with E-state index in [0.717, 1.165) is 32.2 Å². The maximum atomic E-state index is 12.0. The van der Waals surface area contributed by atoms with Gasteiger partial charge >= 0.3 is 0 Å². The number of aliphatic hydroxyl groups is 1. The summed E-state index contributed by atoms with van der Waals surface area (Å²) in [6.07, 6.45) is 3.87. The highest BCUT2D eigenvalue weighted by Crippen LogP contribution is 2.18. The zero-order valence-electron chi connectivity index (χ0n) is 9.68. The van der Waals surface area contributed by atoms with Crippen molar-refractivity contribution in [1.82, 2.24) is 10.6 Å². The van der Waals surface area contributed by atoms with E-state index < -0.39 is 5.54 Å². The Hall–Kier alpha value is -0.610. The molecule has 0 aromatic rings. The third-order valence-corrected chi connectivity index (χ3v) is 3.17. The lowest BCUT2D eigenvalue weighted by Crippen LogP contribution is -2.59. The van der Waals surface area contributed by atoms with Crippen LogP contribution >= 0.6 is 0 Å². The molecule has 1 heterocycles. The summed E-state index contributed by atoms with van der Waals surface area (Å²) in [7, 11) is 0. The molecule has 15 heavy (non-hydrogen) atoms. The number of nitrogens with one attached hydrogen (secondary N) is 2. The molecule has 1 unspecified atom stereocenters. The minimum atomic E-state index is -0.444. The van der Waals surface area contributed by atoms with E-state index in [1.807, 2.05) is 13.8 Å². The summed E-state index contributed by atoms with van der Waals surface area (Å²) in [6, 6.07) is -0.113. The van der Waals surface area contributed by atoms with Gasteiger partial charge < -0.3 is 15.7 Å². The van der Waals surface area contributed by atoms with Crippen molar-refractivity contribution in [1.29, 1.82) is 0 Å². The summed E-state index contributed by atoms with van der Waals surface area (Å²) in [5, 5.41) is 15.2. The van der Waals surface area contributed by atoms with E-state index in [4.69, 9.17) is 5.11 Å². The van der Waals surface area contributed by atoms with Crippen LogP contribution in [0.25, 0.3) is 0 Å². The van der Waals surface area contributed by atoms with Crippen molar-refractivity contribution < 1.29 is 9.90 Å². The monoisotopic (exact) mass is 214 g/mol. The number of carbonyl (C=O) groups excluding carboxylic acids is 1. The van der Waals surface area contributed by atoms with Crippen LogP contribution in [0, 0.1) is 0 Å². The molecule has 1 aliphatic heterocycles. The molecule has 1 rings (SSSR count). The van der Waals surface area contributed by atoms with Crippen molar-refractivity contribution in [2.24, 2.45) is 0 Å². The minimum Gasteiger partial charge on any atom is -0.394 e. The summed E-state index contributed by atoms with van der Waals surface area (Å²) < 4.78 is 0. The van der Waals surface area contributed by atoms with Gasteiger partial charge in [0.15, 0.2) is 0 Å². The molecule has 1 aliphatic rings. The van der Waals surface area contributed by atoms with Crippen LogP contribution in [-0.2, 0) is 4.79 Å². The molecular weight excluding hydrogens is 192 g/mol. The molecule has 4 heteroatoms. The van der Waals surface area contributed by atoms with E-state index in [1.165, 1.54) is 0 Å². The predicted octanol–water partition coefficient (Wildman–Crippen LogP) is 0.406. The van der Waals surface area contributed by atoms with Gasteiger partial charge in [-0.3, -0.25) is 4.79 Å². The average Bonchev–Trinajstić information content (AvgIpc) is 2.26. The Morgan fingerprint density at radius 1 is 1.60 bits per heavy atom. The van der Waals surface area contributed by atoms with Crippen LogP contribution in [0.4, 0.5) is 0 Å². The molecule has 0 bridgehead atoms. The first-order valence-electron chi connectivity index (χ1n) is 5.79. The van der Waals surface area contributed by atoms with Gasteiger partial charge in [-0.2, -0.15) is 0 Å². The quantitative estimate of drug-likeness (QED) is 0.635. The summed E-state index contributed by atoms with van der Waals surface area (Å²) in [6.45, 7) is 4.81. The Labute approximate surface area is 91.4 Å². The Balaban J connectivity index is 2.50. The number of hydrogen-bond donors (Lipinski definition) is 3. The molecule has 0 radical (unpaired) electrons. The molecule has 1 saturated heterocycles. The molecule has 0 spiro atoms. The van der Waals surface area contributed by atoms with E-state index in [9.17, 15) is 4.79 Å². The molecule has 4 nitrogen and oxygen atoms in total. The fourth-order valence-corrected chi connectivity index (χ4v) is 1.87. The van der Waals surface area contributed by atoms with Crippen LogP contribution in [0.2, 0.25) is 0 Å². The second-order valence-corrected chi connectivity index (χ2v) is 4.48. The average molecular weight is 214 g/mol. The second-order valence-electron chi connectivity index (χ2n) is 4.48. The molecule has 0 aliphatic carbocycles. The molecule has 1 fully saturated rings. The standard InChI is InChI=1S/C11H22N2O2/c1-3-9(8-14)13-10(15)11(2)6-4-5-7-12-11/h9,12,14H,3-8H2,1-2H3,(H,13,15)/t9-,11?/m1/s1. The molecular formula is C11H22N2O2. The highest BCUT2D eigenvalue weighted by molar-refractivity contribution is 5.86. The fraction of sp³-hybridized carbons (Fsp3) is 0.909. The molecule has 0 aromatic heterocycles. The van der Waals surface area contributed by atoms with Gasteiger partial charge in [0.05, 0.1) is 18.2 Å². The smallest absolute Gasteiger partial charge is 0.240 e. The van der Waals surface area contributed by atoms with Gasteiger partial charge in [-0.05, 0) is 39.2 Å². The molecule has 3 N–H and O–H groups in total. The first-order chi connectivity index (χ1) is 7.12. The first kappa shape index (κ1) is 12.5. The van der Waals surface area contributed by atoms with Gasteiger partial charge in [0, 0.05) is 0 Å². The SMILES string of the molecule is CC[C@H](CO)NC(=O)C1(C)CCCCN1. The highest BCUT2D eigenvalue weighted by Gasteiger charge is 2.34. The van der Waals surface area contributed by atoms with Crippen molar-refractivity contribution in [3.63, 3.8) is 0 Å². The normalized spacial score (nSPS) is 28.5. The largest absolute Gasteiger partial charge is 0.394 e.